The second kappa shape index (κ2) is 14.2. The molecule has 0 bridgehead atoms. The van der Waals surface area contributed by atoms with E-state index in [0.29, 0.717) is 25.7 Å². The van der Waals surface area contributed by atoms with Crippen molar-refractivity contribution in [1.82, 2.24) is 0 Å². The molecule has 0 aliphatic heterocycles. The number of esters is 1. The lowest BCUT2D eigenvalue weighted by atomic mass is 9.79. The first-order valence-corrected chi connectivity index (χ1v) is 13.4. The Hall–Kier alpha value is -1.06. The van der Waals surface area contributed by atoms with Gasteiger partial charge in [0.15, 0.2) is 0 Å². The molecule has 4 heteroatoms. The van der Waals surface area contributed by atoms with Gasteiger partial charge in [0.05, 0.1) is 11.8 Å². The van der Waals surface area contributed by atoms with E-state index in [-0.39, 0.29) is 23.4 Å². The molecule has 0 radical (unpaired) electrons. The number of carboxylic acid groups (broad SMARTS) is 1. The zero-order chi connectivity index (χ0) is 22.5. The Morgan fingerprint density at radius 3 is 1.87 bits per heavy atom. The van der Waals surface area contributed by atoms with Gasteiger partial charge in [-0.2, -0.15) is 0 Å². The quantitative estimate of drug-likeness (QED) is 0.224. The van der Waals surface area contributed by atoms with Crippen molar-refractivity contribution in [3.05, 3.63) is 0 Å². The molecule has 180 valence electrons. The molecule has 0 amide bonds. The summed E-state index contributed by atoms with van der Waals surface area (Å²) in [6.45, 7) is 4.61. The third kappa shape index (κ3) is 9.95. The predicted molar refractivity (Wildman–Crippen MR) is 126 cm³/mol. The number of unbranched alkanes of at least 4 members (excludes halogenated alkanes) is 7. The molecule has 2 aliphatic carbocycles. The highest BCUT2D eigenvalue weighted by Gasteiger charge is 2.38. The zero-order valence-corrected chi connectivity index (χ0v) is 20.3. The van der Waals surface area contributed by atoms with E-state index in [1.807, 2.05) is 0 Å². The molecule has 2 aliphatic rings. The maximum atomic E-state index is 12.9. The van der Waals surface area contributed by atoms with Crippen LogP contribution in [0.1, 0.15) is 136 Å². The summed E-state index contributed by atoms with van der Waals surface area (Å²) in [5.41, 5.74) is -0.240. The van der Waals surface area contributed by atoms with Crippen LogP contribution >= 0.6 is 0 Å². The van der Waals surface area contributed by atoms with Gasteiger partial charge in [0.1, 0.15) is 5.60 Å². The summed E-state index contributed by atoms with van der Waals surface area (Å²) < 4.78 is 6.22. The first kappa shape index (κ1) is 26.2. The van der Waals surface area contributed by atoms with Crippen LogP contribution in [0.2, 0.25) is 0 Å². The van der Waals surface area contributed by atoms with Gasteiger partial charge < -0.3 is 9.84 Å². The summed E-state index contributed by atoms with van der Waals surface area (Å²) in [4.78, 5) is 24.0. The van der Waals surface area contributed by atoms with Crippen molar-refractivity contribution in [2.75, 3.05) is 0 Å². The van der Waals surface area contributed by atoms with Crippen molar-refractivity contribution in [1.29, 1.82) is 0 Å². The highest BCUT2D eigenvalue weighted by Crippen LogP contribution is 2.38. The van der Waals surface area contributed by atoms with Crippen LogP contribution < -0.4 is 0 Å². The van der Waals surface area contributed by atoms with Crippen molar-refractivity contribution in [3.63, 3.8) is 0 Å². The Balaban J connectivity index is 1.65. The Labute approximate surface area is 190 Å². The molecule has 4 nitrogen and oxygen atoms in total. The number of ether oxygens (including phenoxy) is 1. The molecule has 0 spiro atoms. The molecule has 2 saturated carbocycles. The topological polar surface area (TPSA) is 63.6 Å². The smallest absolute Gasteiger partial charge is 0.309 e. The van der Waals surface area contributed by atoms with E-state index in [1.165, 1.54) is 57.8 Å². The minimum atomic E-state index is -0.717. The molecule has 2 rings (SSSR count). The molecule has 0 heterocycles. The molecular formula is C27H48O4. The van der Waals surface area contributed by atoms with Gasteiger partial charge in [-0.25, -0.2) is 0 Å². The minimum absolute atomic E-state index is 0.0489. The monoisotopic (exact) mass is 436 g/mol. The van der Waals surface area contributed by atoms with Crippen LogP contribution in [-0.4, -0.2) is 22.6 Å². The van der Waals surface area contributed by atoms with Gasteiger partial charge in [-0.3, -0.25) is 9.59 Å². The third-order valence-electron chi connectivity index (χ3n) is 7.66. The van der Waals surface area contributed by atoms with Gasteiger partial charge in [0.25, 0.3) is 0 Å². The second-order valence-electron chi connectivity index (χ2n) is 10.8. The van der Waals surface area contributed by atoms with Crippen LogP contribution in [0.3, 0.4) is 0 Å². The maximum Gasteiger partial charge on any atom is 0.309 e. The van der Waals surface area contributed by atoms with Crippen LogP contribution in [0, 0.1) is 17.8 Å². The highest BCUT2D eigenvalue weighted by molar-refractivity contribution is 5.74. The fourth-order valence-corrected chi connectivity index (χ4v) is 5.53. The molecule has 0 aromatic rings. The van der Waals surface area contributed by atoms with E-state index in [4.69, 9.17) is 4.74 Å². The van der Waals surface area contributed by atoms with E-state index in [1.54, 1.807) is 0 Å². The standard InChI is InChI=1S/C27H48O4/c1-22(2)14-10-7-5-3-4-6-8-11-19-27(20-12-9-13-21-27)31-26(30)24-17-15-23(16-18-24)25(28)29/h22-24H,3-21H2,1-2H3,(H,28,29). The molecule has 1 N–H and O–H groups in total. The summed E-state index contributed by atoms with van der Waals surface area (Å²) in [6, 6.07) is 0. The number of hydrogen-bond acceptors (Lipinski definition) is 3. The van der Waals surface area contributed by atoms with Crippen molar-refractivity contribution in [2.24, 2.45) is 17.8 Å². The average Bonchev–Trinajstić information content (AvgIpc) is 2.75. The van der Waals surface area contributed by atoms with Crippen molar-refractivity contribution >= 4 is 11.9 Å². The Morgan fingerprint density at radius 2 is 1.32 bits per heavy atom. The number of carbonyl (C=O) groups excluding carboxylic acids is 1. The van der Waals surface area contributed by atoms with Crippen LogP contribution in [0.4, 0.5) is 0 Å². The Morgan fingerprint density at radius 1 is 0.806 bits per heavy atom. The van der Waals surface area contributed by atoms with Gasteiger partial charge in [-0.15, -0.1) is 0 Å². The number of carbonyl (C=O) groups is 2. The lowest BCUT2D eigenvalue weighted by Gasteiger charge is -2.38. The van der Waals surface area contributed by atoms with Crippen LogP contribution in [0.5, 0.6) is 0 Å². The molecule has 0 unspecified atom stereocenters. The van der Waals surface area contributed by atoms with E-state index < -0.39 is 5.97 Å². The van der Waals surface area contributed by atoms with Crippen LogP contribution in [-0.2, 0) is 14.3 Å². The molecule has 0 aromatic carbocycles. The van der Waals surface area contributed by atoms with Crippen molar-refractivity contribution in [3.8, 4) is 0 Å². The first-order valence-electron chi connectivity index (χ1n) is 13.4. The van der Waals surface area contributed by atoms with Gasteiger partial charge in [0.2, 0.25) is 0 Å². The van der Waals surface area contributed by atoms with E-state index >= 15 is 0 Å². The van der Waals surface area contributed by atoms with E-state index in [9.17, 15) is 14.7 Å². The average molecular weight is 437 g/mol. The first-order chi connectivity index (χ1) is 14.9. The third-order valence-corrected chi connectivity index (χ3v) is 7.66. The fourth-order valence-electron chi connectivity index (χ4n) is 5.53. The number of carboxylic acids is 1. The minimum Gasteiger partial charge on any atom is -0.481 e. The maximum absolute atomic E-state index is 12.9. The highest BCUT2D eigenvalue weighted by atomic mass is 16.6. The fraction of sp³-hybridized carbons (Fsp3) is 0.926. The van der Waals surface area contributed by atoms with E-state index in [0.717, 1.165) is 44.4 Å². The van der Waals surface area contributed by atoms with Gasteiger partial charge in [-0.05, 0) is 70.1 Å². The van der Waals surface area contributed by atoms with Crippen LogP contribution in [0.25, 0.3) is 0 Å². The lowest BCUT2D eigenvalue weighted by Crippen LogP contribution is -2.40. The molecule has 0 atom stereocenters. The van der Waals surface area contributed by atoms with Crippen molar-refractivity contribution < 1.29 is 19.4 Å². The molecule has 0 saturated heterocycles. The van der Waals surface area contributed by atoms with Gasteiger partial charge >= 0.3 is 11.9 Å². The normalized spacial score (nSPS) is 23.6. The van der Waals surface area contributed by atoms with Crippen molar-refractivity contribution in [2.45, 2.75) is 141 Å². The molecule has 31 heavy (non-hydrogen) atoms. The number of rotatable bonds is 14. The second-order valence-corrected chi connectivity index (χ2v) is 10.8. The summed E-state index contributed by atoms with van der Waals surface area (Å²) >= 11 is 0. The summed E-state index contributed by atoms with van der Waals surface area (Å²) in [6.07, 6.45) is 21.1. The summed E-state index contributed by atoms with van der Waals surface area (Å²) in [7, 11) is 0. The van der Waals surface area contributed by atoms with Gasteiger partial charge in [0, 0.05) is 0 Å². The Bertz CT molecular complexity index is 513. The zero-order valence-electron chi connectivity index (χ0n) is 20.3. The summed E-state index contributed by atoms with van der Waals surface area (Å²) in [5, 5.41) is 9.18. The Kier molecular flexibility index (Phi) is 12.0. The van der Waals surface area contributed by atoms with Crippen LogP contribution in [0.15, 0.2) is 0 Å². The number of aliphatic carboxylic acids is 1. The lowest BCUT2D eigenvalue weighted by molar-refractivity contribution is -0.172. The van der Waals surface area contributed by atoms with E-state index in [2.05, 4.69) is 13.8 Å². The largest absolute Gasteiger partial charge is 0.481 e. The molecule has 0 aromatic heterocycles. The summed E-state index contributed by atoms with van der Waals surface area (Å²) in [5.74, 6) is -0.299. The number of hydrogen-bond donors (Lipinski definition) is 1. The van der Waals surface area contributed by atoms with Gasteiger partial charge in [-0.1, -0.05) is 71.6 Å². The SMILES string of the molecule is CC(C)CCCCCCCCCCC1(OC(=O)C2CCC(C(=O)O)CC2)CCCCC1. The molecular weight excluding hydrogens is 388 g/mol. The predicted octanol–water partition coefficient (Wildman–Crippen LogP) is 7.68. The molecule has 2 fully saturated rings.